The van der Waals surface area contributed by atoms with Crippen LogP contribution in [0.15, 0.2) is 60.7 Å². The predicted octanol–water partition coefficient (Wildman–Crippen LogP) is 4.53. The number of aryl methyl sites for hydroxylation is 1. The smallest absolute Gasteiger partial charge is 0.264 e. The Bertz CT molecular complexity index is 1210. The number of carbonyl (C=O) groups is 3. The molecule has 1 aromatic heterocycles. The van der Waals surface area contributed by atoms with Gasteiger partial charge in [-0.2, -0.15) is 0 Å². The van der Waals surface area contributed by atoms with E-state index in [0.29, 0.717) is 33.6 Å². The van der Waals surface area contributed by atoms with Crippen LogP contribution in [0, 0.1) is 6.92 Å². The number of amides is 3. The average molecular weight is 498 g/mol. The number of anilines is 2. The molecule has 2 heterocycles. The molecule has 2 aromatic carbocycles. The summed E-state index contributed by atoms with van der Waals surface area (Å²) in [7, 11) is 1.60. The first-order valence-electron chi connectivity index (χ1n) is 10.7. The normalized spacial score (nSPS) is 14.6. The van der Waals surface area contributed by atoms with Crippen LogP contribution in [0.4, 0.5) is 11.4 Å². The second kappa shape index (κ2) is 10.4. The van der Waals surface area contributed by atoms with Crippen LogP contribution in [0.1, 0.15) is 26.8 Å². The fourth-order valence-corrected chi connectivity index (χ4v) is 4.95. The van der Waals surface area contributed by atoms with E-state index in [1.54, 1.807) is 30.1 Å². The molecule has 3 aromatic rings. The number of nitrogens with one attached hydrogen (secondary N) is 1. The van der Waals surface area contributed by atoms with Gasteiger partial charge in [-0.15, -0.1) is 11.3 Å². The van der Waals surface area contributed by atoms with Gasteiger partial charge in [0.05, 0.1) is 15.8 Å². The molecule has 1 N–H and O–H groups in total. The van der Waals surface area contributed by atoms with Crippen molar-refractivity contribution in [3.05, 3.63) is 81.0 Å². The van der Waals surface area contributed by atoms with Crippen molar-refractivity contribution in [1.29, 1.82) is 0 Å². The van der Waals surface area contributed by atoms with Gasteiger partial charge in [-0.3, -0.25) is 14.4 Å². The molecular weight excluding hydrogens is 474 g/mol. The van der Waals surface area contributed by atoms with Crippen LogP contribution in [0.25, 0.3) is 0 Å². The van der Waals surface area contributed by atoms with Gasteiger partial charge in [0.1, 0.15) is 12.6 Å². The molecule has 9 heteroatoms. The lowest BCUT2D eigenvalue weighted by atomic mass is 10.0. The Kier molecular flexibility index (Phi) is 7.31. The second-order valence-electron chi connectivity index (χ2n) is 7.92. The summed E-state index contributed by atoms with van der Waals surface area (Å²) in [6, 6.07) is 17.0. The van der Waals surface area contributed by atoms with Crippen LogP contribution in [0.5, 0.6) is 0 Å². The quantitative estimate of drug-likeness (QED) is 0.543. The van der Waals surface area contributed by atoms with Crippen LogP contribution >= 0.6 is 22.9 Å². The van der Waals surface area contributed by atoms with Crippen molar-refractivity contribution in [2.75, 3.05) is 37.0 Å². The number of likely N-dealkylation sites (N-methyl/N-ethyl adjacent to an activating group) is 1. The zero-order chi connectivity index (χ0) is 24.2. The highest BCUT2D eigenvalue weighted by Gasteiger charge is 2.30. The highest BCUT2D eigenvalue weighted by molar-refractivity contribution is 7.18. The highest BCUT2D eigenvalue weighted by atomic mass is 35.5. The predicted molar refractivity (Wildman–Crippen MR) is 134 cm³/mol. The first-order valence-corrected chi connectivity index (χ1v) is 11.9. The summed E-state index contributed by atoms with van der Waals surface area (Å²) < 4.78 is 5.71. The summed E-state index contributed by atoms with van der Waals surface area (Å²) in [5, 5.41) is 2.93. The molecule has 176 valence electrons. The lowest BCUT2D eigenvalue weighted by molar-refractivity contribution is -0.125. The molecule has 1 saturated heterocycles. The molecule has 0 bridgehead atoms. The highest BCUT2D eigenvalue weighted by Crippen LogP contribution is 2.29. The van der Waals surface area contributed by atoms with Gasteiger partial charge < -0.3 is 19.9 Å². The van der Waals surface area contributed by atoms with Crippen LogP contribution in [0.2, 0.25) is 4.34 Å². The Labute approximate surface area is 206 Å². The maximum absolute atomic E-state index is 13.4. The molecular formula is C25H24ClN3O4S. The third-order valence-electron chi connectivity index (χ3n) is 5.60. The number of thiophene rings is 1. The van der Waals surface area contributed by atoms with Crippen molar-refractivity contribution in [3.63, 3.8) is 0 Å². The Morgan fingerprint density at radius 3 is 2.56 bits per heavy atom. The molecule has 3 amide bonds. The minimum Gasteiger partial charge on any atom is -0.370 e. The molecule has 1 aliphatic heterocycles. The largest absolute Gasteiger partial charge is 0.370 e. The summed E-state index contributed by atoms with van der Waals surface area (Å²) in [6.45, 7) is 2.92. The molecule has 0 radical (unpaired) electrons. The molecule has 0 aliphatic carbocycles. The Hall–Kier alpha value is -3.20. The average Bonchev–Trinajstić information content (AvgIpc) is 3.26. The Morgan fingerprint density at radius 2 is 1.91 bits per heavy atom. The molecule has 1 aliphatic rings. The fraction of sp³-hybridized carbons (Fsp3) is 0.240. The second-order valence-corrected chi connectivity index (χ2v) is 9.64. The van der Waals surface area contributed by atoms with Gasteiger partial charge in [-0.05, 0) is 48.4 Å². The number of halogens is 1. The van der Waals surface area contributed by atoms with Gasteiger partial charge in [-0.1, -0.05) is 41.9 Å². The number of morpholine rings is 1. The number of ether oxygens (including phenoxy) is 1. The number of carbonyl (C=O) groups excluding carboxylic acids is 3. The first kappa shape index (κ1) is 23.9. The van der Waals surface area contributed by atoms with E-state index in [4.69, 9.17) is 16.3 Å². The molecule has 1 atom stereocenters. The van der Waals surface area contributed by atoms with Crippen LogP contribution in [-0.4, -0.2) is 49.4 Å². The lowest BCUT2D eigenvalue weighted by Crippen LogP contribution is -2.42. The van der Waals surface area contributed by atoms with E-state index in [2.05, 4.69) is 5.32 Å². The lowest BCUT2D eigenvalue weighted by Gasteiger charge is -2.29. The fourth-order valence-electron chi connectivity index (χ4n) is 3.93. The summed E-state index contributed by atoms with van der Waals surface area (Å²) >= 11 is 7.18. The van der Waals surface area contributed by atoms with E-state index in [-0.39, 0.29) is 24.3 Å². The Balaban J connectivity index is 1.58. The van der Waals surface area contributed by atoms with E-state index < -0.39 is 6.04 Å². The third-order valence-corrected chi connectivity index (χ3v) is 6.82. The van der Waals surface area contributed by atoms with Crippen molar-refractivity contribution >= 4 is 52.0 Å². The maximum atomic E-state index is 13.4. The van der Waals surface area contributed by atoms with Crippen molar-refractivity contribution in [2.24, 2.45) is 0 Å². The zero-order valence-corrected chi connectivity index (χ0v) is 20.4. The topological polar surface area (TPSA) is 79.0 Å². The molecule has 0 saturated carbocycles. The number of benzene rings is 2. The number of hydrogen-bond acceptors (Lipinski definition) is 5. The SMILES string of the molecule is Cc1cc(NC(=O)C(c2ccccc2)N(C)C(=O)c2ccc(Cl)s2)ccc1N1CCOCC1=O. The van der Waals surface area contributed by atoms with Crippen molar-refractivity contribution in [3.8, 4) is 0 Å². The summed E-state index contributed by atoms with van der Waals surface area (Å²) in [6.07, 6.45) is 0. The first-order chi connectivity index (χ1) is 16.3. The van der Waals surface area contributed by atoms with Crippen molar-refractivity contribution in [1.82, 2.24) is 4.90 Å². The molecule has 0 spiro atoms. The van der Waals surface area contributed by atoms with Gasteiger partial charge in [0.2, 0.25) is 0 Å². The minimum absolute atomic E-state index is 0.0620. The van der Waals surface area contributed by atoms with Crippen LogP contribution in [-0.2, 0) is 14.3 Å². The zero-order valence-electron chi connectivity index (χ0n) is 18.8. The van der Waals surface area contributed by atoms with E-state index in [0.717, 1.165) is 11.3 Å². The van der Waals surface area contributed by atoms with E-state index in [1.165, 1.54) is 16.2 Å². The van der Waals surface area contributed by atoms with E-state index in [1.807, 2.05) is 49.4 Å². The van der Waals surface area contributed by atoms with Gasteiger partial charge in [-0.25, -0.2) is 0 Å². The maximum Gasteiger partial charge on any atom is 0.264 e. The van der Waals surface area contributed by atoms with Crippen molar-refractivity contribution < 1.29 is 19.1 Å². The standard InChI is InChI=1S/C25H24ClN3O4S/c1-16-14-18(8-9-19(16)29-12-13-33-15-22(29)30)27-24(31)23(17-6-4-3-5-7-17)28(2)25(32)20-10-11-21(26)34-20/h3-11,14,23H,12-13,15H2,1-2H3,(H,27,31). The summed E-state index contributed by atoms with van der Waals surface area (Å²) in [4.78, 5) is 42.3. The van der Waals surface area contributed by atoms with Crippen LogP contribution in [0.3, 0.4) is 0 Å². The van der Waals surface area contributed by atoms with Crippen molar-refractivity contribution in [2.45, 2.75) is 13.0 Å². The molecule has 1 unspecified atom stereocenters. The number of nitrogens with zero attached hydrogens (tertiary/aromatic N) is 2. The van der Waals surface area contributed by atoms with E-state index >= 15 is 0 Å². The van der Waals surface area contributed by atoms with Crippen LogP contribution < -0.4 is 10.2 Å². The van der Waals surface area contributed by atoms with Gasteiger partial charge in [0, 0.05) is 25.0 Å². The molecule has 7 nitrogen and oxygen atoms in total. The molecule has 4 rings (SSSR count). The number of hydrogen-bond donors (Lipinski definition) is 1. The van der Waals surface area contributed by atoms with Gasteiger partial charge in [0.25, 0.3) is 17.7 Å². The minimum atomic E-state index is -0.852. The monoisotopic (exact) mass is 497 g/mol. The Morgan fingerprint density at radius 1 is 1.15 bits per heavy atom. The van der Waals surface area contributed by atoms with E-state index in [9.17, 15) is 14.4 Å². The van der Waals surface area contributed by atoms with Gasteiger partial charge >= 0.3 is 0 Å². The molecule has 1 fully saturated rings. The third kappa shape index (κ3) is 5.14. The van der Waals surface area contributed by atoms with Gasteiger partial charge in [0.15, 0.2) is 0 Å². The summed E-state index contributed by atoms with van der Waals surface area (Å²) in [5.41, 5.74) is 2.90. The molecule has 34 heavy (non-hydrogen) atoms. The number of rotatable bonds is 6. The summed E-state index contributed by atoms with van der Waals surface area (Å²) in [5.74, 6) is -0.735.